The van der Waals surface area contributed by atoms with Gasteiger partial charge in [0.2, 0.25) is 0 Å². The van der Waals surface area contributed by atoms with E-state index in [0.717, 1.165) is 0 Å². The second kappa shape index (κ2) is 4.90. The van der Waals surface area contributed by atoms with Crippen LogP contribution in [0.1, 0.15) is 18.4 Å². The lowest BCUT2D eigenvalue weighted by atomic mass is 9.97. The molecular formula is C11H10F3NO2. The van der Waals surface area contributed by atoms with Crippen LogP contribution < -0.4 is 5.73 Å². The zero-order valence-corrected chi connectivity index (χ0v) is 8.88. The topological polar surface area (TPSA) is 63.3 Å². The number of nitrogens with two attached hydrogens (primary N) is 1. The molecule has 0 spiro atoms. The number of rotatable bonds is 3. The van der Waals surface area contributed by atoms with Crippen LogP contribution in [0.2, 0.25) is 0 Å². The Bertz CT molecular complexity index is 486. The largest absolute Gasteiger partial charge is 0.478 e. The molecule has 92 valence electrons. The van der Waals surface area contributed by atoms with Crippen molar-refractivity contribution < 1.29 is 23.1 Å². The Morgan fingerprint density at radius 3 is 2.35 bits per heavy atom. The summed E-state index contributed by atoms with van der Waals surface area (Å²) in [6, 6.07) is 1.06. The third kappa shape index (κ3) is 2.99. The molecule has 0 bridgehead atoms. The molecule has 0 radical (unpaired) electrons. The van der Waals surface area contributed by atoms with Gasteiger partial charge in [0.1, 0.15) is 5.82 Å². The van der Waals surface area contributed by atoms with Gasteiger partial charge in [0, 0.05) is 23.8 Å². The van der Waals surface area contributed by atoms with E-state index in [1.54, 1.807) is 0 Å². The van der Waals surface area contributed by atoms with E-state index in [1.807, 2.05) is 0 Å². The highest BCUT2D eigenvalue weighted by molar-refractivity contribution is 5.80. The predicted molar refractivity (Wildman–Crippen MR) is 54.6 cm³/mol. The average molecular weight is 245 g/mol. The summed E-state index contributed by atoms with van der Waals surface area (Å²) in [5.74, 6) is -5.65. The first-order valence-electron chi connectivity index (χ1n) is 4.67. The molecule has 0 aromatic heterocycles. The minimum absolute atomic E-state index is 0.151. The number of hydrogen-bond donors (Lipinski definition) is 2. The Kier molecular flexibility index (Phi) is 3.77. The van der Waals surface area contributed by atoms with Gasteiger partial charge in [0.25, 0.3) is 0 Å². The molecular weight excluding hydrogens is 235 g/mol. The monoisotopic (exact) mass is 245 g/mol. The molecule has 0 aliphatic rings. The number of aliphatic carboxylic acids is 1. The fourth-order valence-corrected chi connectivity index (χ4v) is 1.32. The van der Waals surface area contributed by atoms with E-state index in [2.05, 4.69) is 0 Å². The van der Waals surface area contributed by atoms with Crippen LogP contribution in [0.15, 0.2) is 23.9 Å². The summed E-state index contributed by atoms with van der Waals surface area (Å²) in [6.45, 7) is 1.39. The molecule has 0 saturated heterocycles. The van der Waals surface area contributed by atoms with Crippen molar-refractivity contribution >= 4 is 5.97 Å². The Morgan fingerprint density at radius 1 is 1.29 bits per heavy atom. The smallest absolute Gasteiger partial charge is 0.330 e. The fourth-order valence-electron chi connectivity index (χ4n) is 1.32. The molecule has 0 fully saturated rings. The molecule has 0 saturated carbocycles. The number of allylic oxidation sites excluding steroid dienone is 1. The Hall–Kier alpha value is -1.98. The van der Waals surface area contributed by atoms with Gasteiger partial charge in [-0.2, -0.15) is 0 Å². The highest BCUT2D eigenvalue weighted by atomic mass is 19.2. The number of halogens is 3. The van der Waals surface area contributed by atoms with Crippen molar-refractivity contribution in [1.29, 1.82) is 0 Å². The summed E-state index contributed by atoms with van der Waals surface area (Å²) in [5, 5.41) is 8.46. The summed E-state index contributed by atoms with van der Waals surface area (Å²) >= 11 is 0. The second-order valence-electron chi connectivity index (χ2n) is 3.49. The van der Waals surface area contributed by atoms with Gasteiger partial charge in [0.15, 0.2) is 11.6 Å². The summed E-state index contributed by atoms with van der Waals surface area (Å²) in [4.78, 5) is 10.4. The molecule has 1 rings (SSSR count). The first kappa shape index (κ1) is 13.1. The Balaban J connectivity index is 3.17. The zero-order chi connectivity index (χ0) is 13.2. The van der Waals surface area contributed by atoms with Crippen molar-refractivity contribution in [3.05, 3.63) is 46.9 Å². The lowest BCUT2D eigenvalue weighted by molar-refractivity contribution is -0.131. The summed E-state index contributed by atoms with van der Waals surface area (Å²) in [7, 11) is 0. The number of carboxylic acid groups (broad SMARTS) is 1. The maximum Gasteiger partial charge on any atom is 0.330 e. The van der Waals surface area contributed by atoms with Crippen LogP contribution >= 0.6 is 0 Å². The van der Waals surface area contributed by atoms with Crippen molar-refractivity contribution in [2.45, 2.75) is 12.8 Å². The standard InChI is InChI=1S/C11H10F3NO2/c1-5(10(15)4-11(16)17)6-2-8(13)9(14)3-7(6)12/h2-5H,15H2,1H3,(H,16,17)/b10-4+. The van der Waals surface area contributed by atoms with E-state index < -0.39 is 29.3 Å². The Morgan fingerprint density at radius 2 is 1.82 bits per heavy atom. The maximum atomic E-state index is 13.3. The third-order valence-electron chi connectivity index (χ3n) is 2.30. The molecule has 6 heteroatoms. The van der Waals surface area contributed by atoms with Gasteiger partial charge < -0.3 is 10.8 Å². The van der Waals surface area contributed by atoms with Gasteiger partial charge >= 0.3 is 5.97 Å². The molecule has 3 nitrogen and oxygen atoms in total. The van der Waals surface area contributed by atoms with Crippen molar-refractivity contribution in [3.63, 3.8) is 0 Å². The maximum absolute atomic E-state index is 13.3. The van der Waals surface area contributed by atoms with Crippen molar-refractivity contribution in [2.75, 3.05) is 0 Å². The van der Waals surface area contributed by atoms with Gasteiger partial charge in [-0.25, -0.2) is 18.0 Å². The third-order valence-corrected chi connectivity index (χ3v) is 2.30. The summed E-state index contributed by atoms with van der Waals surface area (Å²) in [5.41, 5.74) is 5.06. The molecule has 3 N–H and O–H groups in total. The molecule has 1 unspecified atom stereocenters. The summed E-state index contributed by atoms with van der Waals surface area (Å²) in [6.07, 6.45) is 0.686. The summed E-state index contributed by atoms with van der Waals surface area (Å²) < 4.78 is 38.9. The lowest BCUT2D eigenvalue weighted by Crippen LogP contribution is -2.11. The highest BCUT2D eigenvalue weighted by Crippen LogP contribution is 2.25. The van der Waals surface area contributed by atoms with Gasteiger partial charge in [-0.3, -0.25) is 0 Å². The van der Waals surface area contributed by atoms with E-state index >= 15 is 0 Å². The molecule has 0 heterocycles. The van der Waals surface area contributed by atoms with E-state index in [0.29, 0.717) is 18.2 Å². The van der Waals surface area contributed by atoms with Gasteiger partial charge in [-0.15, -0.1) is 0 Å². The SMILES string of the molecule is CC(/C(N)=C\C(=O)O)c1cc(F)c(F)cc1F. The van der Waals surface area contributed by atoms with Gasteiger partial charge in [-0.1, -0.05) is 6.92 Å². The van der Waals surface area contributed by atoms with Crippen molar-refractivity contribution in [3.8, 4) is 0 Å². The highest BCUT2D eigenvalue weighted by Gasteiger charge is 2.17. The normalized spacial score (nSPS) is 13.5. The second-order valence-corrected chi connectivity index (χ2v) is 3.49. The first-order chi connectivity index (χ1) is 7.82. The van der Waals surface area contributed by atoms with E-state index in [4.69, 9.17) is 10.8 Å². The van der Waals surface area contributed by atoms with Crippen LogP contribution in [0, 0.1) is 17.5 Å². The first-order valence-corrected chi connectivity index (χ1v) is 4.67. The van der Waals surface area contributed by atoms with Crippen LogP contribution in [0.4, 0.5) is 13.2 Å². The Labute approximate surface area is 95.4 Å². The van der Waals surface area contributed by atoms with Gasteiger partial charge in [-0.05, 0) is 11.6 Å². The van der Waals surface area contributed by atoms with Crippen molar-refractivity contribution in [1.82, 2.24) is 0 Å². The minimum Gasteiger partial charge on any atom is -0.478 e. The fraction of sp³-hybridized carbons (Fsp3) is 0.182. The zero-order valence-electron chi connectivity index (χ0n) is 8.88. The molecule has 0 aliphatic carbocycles. The van der Waals surface area contributed by atoms with Crippen LogP contribution in [-0.4, -0.2) is 11.1 Å². The van der Waals surface area contributed by atoms with E-state index in [1.165, 1.54) is 6.92 Å². The molecule has 1 atom stereocenters. The lowest BCUT2D eigenvalue weighted by Gasteiger charge is -2.13. The van der Waals surface area contributed by atoms with E-state index in [9.17, 15) is 18.0 Å². The van der Waals surface area contributed by atoms with E-state index in [-0.39, 0.29) is 11.3 Å². The molecule has 0 aliphatic heterocycles. The number of carboxylic acids is 1. The van der Waals surface area contributed by atoms with Gasteiger partial charge in [0.05, 0.1) is 0 Å². The van der Waals surface area contributed by atoms with Crippen LogP contribution in [-0.2, 0) is 4.79 Å². The number of hydrogen-bond acceptors (Lipinski definition) is 2. The van der Waals surface area contributed by atoms with Crippen LogP contribution in [0.25, 0.3) is 0 Å². The minimum atomic E-state index is -1.31. The average Bonchev–Trinajstić information content (AvgIpc) is 2.21. The van der Waals surface area contributed by atoms with Crippen molar-refractivity contribution in [2.24, 2.45) is 5.73 Å². The molecule has 0 amide bonds. The molecule has 1 aromatic carbocycles. The van der Waals surface area contributed by atoms with Crippen LogP contribution in [0.5, 0.6) is 0 Å². The molecule has 17 heavy (non-hydrogen) atoms. The number of benzene rings is 1. The molecule has 1 aromatic rings. The predicted octanol–water partition coefficient (Wildman–Crippen LogP) is 2.13. The van der Waals surface area contributed by atoms with Crippen LogP contribution in [0.3, 0.4) is 0 Å². The quantitative estimate of drug-likeness (QED) is 0.633. The number of carbonyl (C=O) groups is 1.